The van der Waals surface area contributed by atoms with Gasteiger partial charge in [0.25, 0.3) is 0 Å². The van der Waals surface area contributed by atoms with Gasteiger partial charge in [0.1, 0.15) is 11.5 Å². The Kier molecular flexibility index (Phi) is 4.81. The largest absolute Gasteiger partial charge is 0.508 e. The molecule has 1 heterocycles. The molecular formula is C18H17ClN2O4. The monoisotopic (exact) mass is 360 g/mol. The number of nitrogens with one attached hydrogen (secondary N) is 1. The predicted molar refractivity (Wildman–Crippen MR) is 95.2 cm³/mol. The molecule has 1 saturated heterocycles. The summed E-state index contributed by atoms with van der Waals surface area (Å²) >= 11 is 6.02. The van der Waals surface area contributed by atoms with Gasteiger partial charge in [-0.1, -0.05) is 17.7 Å². The van der Waals surface area contributed by atoms with E-state index in [0.717, 1.165) is 0 Å². The molecule has 25 heavy (non-hydrogen) atoms. The summed E-state index contributed by atoms with van der Waals surface area (Å²) in [4.78, 5) is 26.3. The van der Waals surface area contributed by atoms with Gasteiger partial charge in [-0.25, -0.2) is 0 Å². The Bertz CT molecular complexity index is 824. The molecular weight excluding hydrogens is 344 g/mol. The number of hydrogen-bond donors (Lipinski definition) is 2. The van der Waals surface area contributed by atoms with Crippen molar-refractivity contribution in [2.24, 2.45) is 5.92 Å². The summed E-state index contributed by atoms with van der Waals surface area (Å²) in [6.07, 6.45) is 0.0975. The molecule has 0 spiro atoms. The summed E-state index contributed by atoms with van der Waals surface area (Å²) in [7, 11) is 1.51. The minimum Gasteiger partial charge on any atom is -0.508 e. The van der Waals surface area contributed by atoms with Crippen LogP contribution in [-0.4, -0.2) is 30.6 Å². The molecule has 0 bridgehead atoms. The lowest BCUT2D eigenvalue weighted by Gasteiger charge is -2.20. The van der Waals surface area contributed by atoms with Crippen LogP contribution in [0, 0.1) is 5.92 Å². The Balaban J connectivity index is 1.76. The minimum atomic E-state index is -0.501. The summed E-state index contributed by atoms with van der Waals surface area (Å²) in [5.41, 5.74) is 1.03. The molecule has 1 atom stereocenters. The summed E-state index contributed by atoms with van der Waals surface area (Å²) in [6.45, 7) is 0.236. The number of carbonyl (C=O) groups excluding carboxylic acids is 2. The van der Waals surface area contributed by atoms with Gasteiger partial charge in [0.15, 0.2) is 0 Å². The Hall–Kier alpha value is -2.73. The van der Waals surface area contributed by atoms with Crippen LogP contribution in [0.2, 0.25) is 5.02 Å². The van der Waals surface area contributed by atoms with Crippen LogP contribution < -0.4 is 15.0 Å². The normalized spacial score (nSPS) is 16.8. The van der Waals surface area contributed by atoms with Crippen LogP contribution in [0.3, 0.4) is 0 Å². The quantitative estimate of drug-likeness (QED) is 0.878. The zero-order valence-electron chi connectivity index (χ0n) is 13.5. The number of amides is 2. The van der Waals surface area contributed by atoms with Crippen molar-refractivity contribution < 1.29 is 19.4 Å². The first-order valence-corrected chi connectivity index (χ1v) is 8.09. The predicted octanol–water partition coefficient (Wildman–Crippen LogP) is 3.05. The topological polar surface area (TPSA) is 78.9 Å². The van der Waals surface area contributed by atoms with Crippen molar-refractivity contribution in [3.8, 4) is 11.5 Å². The van der Waals surface area contributed by atoms with Crippen molar-refractivity contribution in [3.05, 3.63) is 47.5 Å². The number of methoxy groups -OCH3 is 1. The molecule has 2 aromatic carbocycles. The molecule has 6 nitrogen and oxygen atoms in total. The van der Waals surface area contributed by atoms with E-state index in [4.69, 9.17) is 16.3 Å². The number of halogens is 1. The summed E-state index contributed by atoms with van der Waals surface area (Å²) in [5.74, 6) is -0.366. The number of phenolic OH excluding ortho intramolecular Hbond substituents is 1. The standard InChI is InChI=1S/C18H17ClN2O4/c1-25-16-6-5-12(19)8-15(16)21-10-11(7-17(21)23)18(24)20-13-3-2-4-14(22)9-13/h2-6,8-9,11,22H,7,10H2,1H3,(H,20,24). The molecule has 3 rings (SSSR count). The third kappa shape index (κ3) is 3.69. The van der Waals surface area contributed by atoms with E-state index in [0.29, 0.717) is 22.1 Å². The highest BCUT2D eigenvalue weighted by atomic mass is 35.5. The highest BCUT2D eigenvalue weighted by Gasteiger charge is 2.36. The van der Waals surface area contributed by atoms with Gasteiger partial charge in [0, 0.05) is 29.7 Å². The Labute approximate surface area is 150 Å². The number of rotatable bonds is 4. The van der Waals surface area contributed by atoms with Gasteiger partial charge in [0.05, 0.1) is 18.7 Å². The van der Waals surface area contributed by atoms with E-state index in [1.165, 1.54) is 24.1 Å². The van der Waals surface area contributed by atoms with Crippen molar-refractivity contribution in [2.45, 2.75) is 6.42 Å². The molecule has 130 valence electrons. The van der Waals surface area contributed by atoms with E-state index in [-0.39, 0.29) is 30.5 Å². The van der Waals surface area contributed by atoms with E-state index < -0.39 is 5.92 Å². The van der Waals surface area contributed by atoms with Gasteiger partial charge in [-0.2, -0.15) is 0 Å². The number of nitrogens with zero attached hydrogens (tertiary/aromatic N) is 1. The molecule has 1 fully saturated rings. The molecule has 0 aliphatic carbocycles. The molecule has 2 amide bonds. The van der Waals surface area contributed by atoms with Crippen molar-refractivity contribution in [1.82, 2.24) is 0 Å². The van der Waals surface area contributed by atoms with Crippen LogP contribution in [0.1, 0.15) is 6.42 Å². The van der Waals surface area contributed by atoms with Crippen LogP contribution in [0.25, 0.3) is 0 Å². The number of phenols is 1. The summed E-state index contributed by atoms with van der Waals surface area (Å²) < 4.78 is 5.28. The highest BCUT2D eigenvalue weighted by molar-refractivity contribution is 6.31. The van der Waals surface area contributed by atoms with Crippen LogP contribution in [0.4, 0.5) is 11.4 Å². The van der Waals surface area contributed by atoms with E-state index in [1.807, 2.05) is 0 Å². The number of anilines is 2. The average Bonchev–Trinajstić information content (AvgIpc) is 2.96. The molecule has 0 radical (unpaired) electrons. The maximum atomic E-state index is 12.4. The van der Waals surface area contributed by atoms with Crippen LogP contribution in [-0.2, 0) is 9.59 Å². The second kappa shape index (κ2) is 7.03. The SMILES string of the molecule is COc1ccc(Cl)cc1N1CC(C(=O)Nc2cccc(O)c2)CC1=O. The van der Waals surface area contributed by atoms with Gasteiger partial charge in [-0.15, -0.1) is 0 Å². The number of carbonyl (C=O) groups is 2. The molecule has 2 N–H and O–H groups in total. The number of ether oxygens (including phenoxy) is 1. The first-order valence-electron chi connectivity index (χ1n) is 7.71. The van der Waals surface area contributed by atoms with Crippen molar-refractivity contribution >= 4 is 34.8 Å². The molecule has 0 aromatic heterocycles. The van der Waals surface area contributed by atoms with Gasteiger partial charge < -0.3 is 20.1 Å². The molecule has 1 aliphatic heterocycles. The smallest absolute Gasteiger partial charge is 0.229 e. The minimum absolute atomic E-state index is 0.0607. The van der Waals surface area contributed by atoms with Crippen molar-refractivity contribution in [3.63, 3.8) is 0 Å². The van der Waals surface area contributed by atoms with Gasteiger partial charge in [-0.3, -0.25) is 9.59 Å². The maximum Gasteiger partial charge on any atom is 0.229 e. The van der Waals surface area contributed by atoms with Crippen LogP contribution >= 0.6 is 11.6 Å². The maximum absolute atomic E-state index is 12.4. The Morgan fingerprint density at radius 3 is 2.84 bits per heavy atom. The molecule has 7 heteroatoms. The number of aromatic hydroxyl groups is 1. The van der Waals surface area contributed by atoms with Crippen molar-refractivity contribution in [2.75, 3.05) is 23.9 Å². The average molecular weight is 361 g/mol. The fourth-order valence-corrected chi connectivity index (χ4v) is 2.98. The third-order valence-electron chi connectivity index (χ3n) is 4.04. The van der Waals surface area contributed by atoms with Crippen LogP contribution in [0.5, 0.6) is 11.5 Å². The summed E-state index contributed by atoms with van der Waals surface area (Å²) in [6, 6.07) is 11.3. The Morgan fingerprint density at radius 1 is 1.32 bits per heavy atom. The number of benzene rings is 2. The molecule has 0 saturated carbocycles. The van der Waals surface area contributed by atoms with Gasteiger partial charge in [0.2, 0.25) is 11.8 Å². The number of hydrogen-bond acceptors (Lipinski definition) is 4. The van der Waals surface area contributed by atoms with E-state index >= 15 is 0 Å². The third-order valence-corrected chi connectivity index (χ3v) is 4.28. The lowest BCUT2D eigenvalue weighted by Crippen LogP contribution is -2.28. The van der Waals surface area contributed by atoms with Crippen LogP contribution in [0.15, 0.2) is 42.5 Å². The zero-order valence-corrected chi connectivity index (χ0v) is 14.3. The van der Waals surface area contributed by atoms with Gasteiger partial charge >= 0.3 is 0 Å². The van der Waals surface area contributed by atoms with E-state index in [2.05, 4.69) is 5.32 Å². The zero-order chi connectivity index (χ0) is 18.0. The lowest BCUT2D eigenvalue weighted by molar-refractivity contribution is -0.122. The Morgan fingerprint density at radius 2 is 2.12 bits per heavy atom. The molecule has 1 unspecified atom stereocenters. The highest BCUT2D eigenvalue weighted by Crippen LogP contribution is 2.35. The van der Waals surface area contributed by atoms with E-state index in [9.17, 15) is 14.7 Å². The second-order valence-electron chi connectivity index (χ2n) is 5.76. The fraction of sp³-hybridized carbons (Fsp3) is 0.222. The second-order valence-corrected chi connectivity index (χ2v) is 6.20. The fourth-order valence-electron chi connectivity index (χ4n) is 2.82. The first-order chi connectivity index (χ1) is 12.0. The lowest BCUT2D eigenvalue weighted by atomic mass is 10.1. The van der Waals surface area contributed by atoms with Crippen molar-refractivity contribution in [1.29, 1.82) is 0 Å². The van der Waals surface area contributed by atoms with Gasteiger partial charge in [-0.05, 0) is 30.3 Å². The summed E-state index contributed by atoms with van der Waals surface area (Å²) in [5, 5.41) is 12.7. The first kappa shape index (κ1) is 17.1. The molecule has 1 aliphatic rings. The molecule has 2 aromatic rings. The van der Waals surface area contributed by atoms with E-state index in [1.54, 1.807) is 30.3 Å².